The number of carbonyl (C=O) groups is 1. The number of anilines is 1. The summed E-state index contributed by atoms with van der Waals surface area (Å²) in [5, 5.41) is 10.9. The van der Waals surface area contributed by atoms with Crippen LogP contribution in [0.4, 0.5) is 11.4 Å². The van der Waals surface area contributed by atoms with E-state index in [2.05, 4.69) is 15.9 Å². The summed E-state index contributed by atoms with van der Waals surface area (Å²) >= 11 is 9.91. The summed E-state index contributed by atoms with van der Waals surface area (Å²) in [6.07, 6.45) is 1.64. The van der Waals surface area contributed by atoms with E-state index in [-0.39, 0.29) is 11.6 Å². The smallest absolute Gasteiger partial charge is 0.270 e. The number of hydrogen-bond donors (Lipinski definition) is 0. The van der Waals surface area contributed by atoms with Crippen LogP contribution in [0.5, 0.6) is 0 Å². The number of nitro benzene ring substituents is 1. The first-order valence-corrected chi connectivity index (χ1v) is 10.3. The summed E-state index contributed by atoms with van der Waals surface area (Å²) < 4.78 is 6.83. The number of amides is 1. The molecule has 0 spiro atoms. The highest BCUT2D eigenvalue weighted by Crippen LogP contribution is 2.37. The van der Waals surface area contributed by atoms with E-state index < -0.39 is 4.92 Å². The van der Waals surface area contributed by atoms with Crippen molar-refractivity contribution in [3.8, 4) is 11.3 Å². The predicted octanol–water partition coefficient (Wildman–Crippen LogP) is 6.02. The van der Waals surface area contributed by atoms with E-state index in [9.17, 15) is 14.9 Å². The number of benzene rings is 2. The van der Waals surface area contributed by atoms with Gasteiger partial charge in [-0.2, -0.15) is 0 Å². The molecule has 0 atom stereocenters. The Morgan fingerprint density at radius 1 is 1.14 bits per heavy atom. The molecule has 1 aromatic heterocycles. The number of nitro groups is 1. The Hall–Kier alpha value is -2.75. The van der Waals surface area contributed by atoms with Crippen molar-refractivity contribution in [3.05, 3.63) is 85.9 Å². The first kappa shape index (κ1) is 19.6. The van der Waals surface area contributed by atoms with Crippen LogP contribution in [0.2, 0.25) is 0 Å². The van der Waals surface area contributed by atoms with Gasteiger partial charge in [0.1, 0.15) is 11.5 Å². The molecule has 3 aromatic rings. The third-order valence-corrected chi connectivity index (χ3v) is 6.10. The Kier molecular flexibility index (Phi) is 5.35. The zero-order chi connectivity index (χ0) is 20.5. The van der Waals surface area contributed by atoms with Gasteiger partial charge in [-0.15, -0.1) is 0 Å². The van der Waals surface area contributed by atoms with Crippen molar-refractivity contribution < 1.29 is 14.1 Å². The van der Waals surface area contributed by atoms with E-state index in [0.29, 0.717) is 36.5 Å². The third kappa shape index (κ3) is 3.89. The second kappa shape index (κ2) is 7.94. The Morgan fingerprint density at radius 2 is 1.90 bits per heavy atom. The number of thiocarbonyl (C=S) groups is 1. The van der Waals surface area contributed by atoms with Crippen molar-refractivity contribution in [3.63, 3.8) is 0 Å². The van der Waals surface area contributed by atoms with Gasteiger partial charge in [0.05, 0.1) is 15.5 Å². The summed E-state index contributed by atoms with van der Waals surface area (Å²) in [6, 6.07) is 17.1. The number of halogens is 1. The summed E-state index contributed by atoms with van der Waals surface area (Å²) in [5.74, 6) is 0.802. The second-order valence-electron chi connectivity index (χ2n) is 5.98. The average molecular weight is 487 g/mol. The van der Waals surface area contributed by atoms with Crippen LogP contribution in [0, 0.1) is 10.1 Å². The van der Waals surface area contributed by atoms with Gasteiger partial charge >= 0.3 is 0 Å². The van der Waals surface area contributed by atoms with E-state index in [1.165, 1.54) is 28.8 Å². The molecule has 0 N–H and O–H groups in total. The van der Waals surface area contributed by atoms with E-state index in [1.807, 2.05) is 30.3 Å². The molecule has 1 aliphatic rings. The topological polar surface area (TPSA) is 76.6 Å². The van der Waals surface area contributed by atoms with Crippen molar-refractivity contribution in [2.24, 2.45) is 0 Å². The number of para-hydroxylation sites is 1. The number of nitrogens with zero attached hydrogens (tertiary/aromatic N) is 2. The molecule has 0 bridgehead atoms. The van der Waals surface area contributed by atoms with E-state index in [1.54, 1.807) is 24.3 Å². The fraction of sp³-hybridized carbons (Fsp3) is 0. The molecule has 1 amide bonds. The van der Waals surface area contributed by atoms with Crippen LogP contribution in [0.15, 0.2) is 74.5 Å². The number of rotatable bonds is 4. The molecule has 144 valence electrons. The van der Waals surface area contributed by atoms with Gasteiger partial charge in [0.25, 0.3) is 11.6 Å². The lowest BCUT2D eigenvalue weighted by Gasteiger charge is -2.13. The van der Waals surface area contributed by atoms with Crippen LogP contribution < -0.4 is 4.90 Å². The van der Waals surface area contributed by atoms with E-state index >= 15 is 0 Å². The van der Waals surface area contributed by atoms with Crippen LogP contribution in [-0.2, 0) is 4.79 Å². The molecule has 29 heavy (non-hydrogen) atoms. The molecule has 2 aromatic carbocycles. The summed E-state index contributed by atoms with van der Waals surface area (Å²) in [7, 11) is 0. The molecule has 1 saturated heterocycles. The minimum atomic E-state index is -0.461. The molecule has 0 unspecified atom stereocenters. The van der Waals surface area contributed by atoms with Crippen molar-refractivity contribution in [1.29, 1.82) is 0 Å². The highest BCUT2D eigenvalue weighted by molar-refractivity contribution is 9.10. The Morgan fingerprint density at radius 3 is 2.59 bits per heavy atom. The van der Waals surface area contributed by atoms with Gasteiger partial charge in [-0.05, 0) is 46.3 Å². The quantitative estimate of drug-likeness (QED) is 0.194. The fourth-order valence-corrected chi connectivity index (χ4v) is 4.63. The first-order chi connectivity index (χ1) is 13.9. The number of non-ortho nitro benzene ring substituents is 1. The number of carbonyl (C=O) groups excluding carboxylic acids is 1. The molecule has 1 aliphatic heterocycles. The lowest BCUT2D eigenvalue weighted by atomic mass is 10.1. The summed E-state index contributed by atoms with van der Waals surface area (Å²) in [5.41, 5.74) is 1.37. The predicted molar refractivity (Wildman–Crippen MR) is 121 cm³/mol. The Bertz CT molecular complexity index is 1170. The van der Waals surface area contributed by atoms with Crippen molar-refractivity contribution in [1.82, 2.24) is 0 Å². The minimum Gasteiger partial charge on any atom is -0.457 e. The molecule has 9 heteroatoms. The van der Waals surface area contributed by atoms with E-state index in [0.717, 1.165) is 0 Å². The molecular formula is C20H11BrN2O4S2. The molecular weight excluding hydrogens is 476 g/mol. The number of hydrogen-bond acceptors (Lipinski definition) is 6. The van der Waals surface area contributed by atoms with Crippen molar-refractivity contribution >= 4 is 67.6 Å². The van der Waals surface area contributed by atoms with Gasteiger partial charge in [-0.1, -0.05) is 42.2 Å². The first-order valence-electron chi connectivity index (χ1n) is 8.31. The van der Waals surface area contributed by atoms with Crippen LogP contribution in [-0.4, -0.2) is 15.2 Å². The number of thioether (sulfide) groups is 1. The van der Waals surface area contributed by atoms with Gasteiger partial charge in [0.15, 0.2) is 4.32 Å². The monoisotopic (exact) mass is 486 g/mol. The molecule has 2 heterocycles. The lowest BCUT2D eigenvalue weighted by Crippen LogP contribution is -2.27. The Labute approximate surface area is 183 Å². The highest BCUT2D eigenvalue weighted by atomic mass is 79.9. The highest BCUT2D eigenvalue weighted by Gasteiger charge is 2.33. The van der Waals surface area contributed by atoms with Gasteiger partial charge in [0.2, 0.25) is 0 Å². The Balaban J connectivity index is 1.61. The van der Waals surface area contributed by atoms with Gasteiger partial charge in [-0.25, -0.2) is 0 Å². The second-order valence-corrected chi connectivity index (χ2v) is 8.51. The minimum absolute atomic E-state index is 0.0167. The molecule has 4 rings (SSSR count). The zero-order valence-corrected chi connectivity index (χ0v) is 17.8. The molecule has 0 radical (unpaired) electrons. The fourth-order valence-electron chi connectivity index (χ4n) is 2.79. The zero-order valence-electron chi connectivity index (χ0n) is 14.6. The third-order valence-electron chi connectivity index (χ3n) is 4.14. The maximum Gasteiger partial charge on any atom is 0.270 e. The largest absolute Gasteiger partial charge is 0.457 e. The summed E-state index contributed by atoms with van der Waals surface area (Å²) in [4.78, 5) is 25.2. The van der Waals surface area contributed by atoms with Crippen LogP contribution in [0.25, 0.3) is 17.4 Å². The average Bonchev–Trinajstić information content (AvgIpc) is 3.27. The van der Waals surface area contributed by atoms with Crippen molar-refractivity contribution in [2.75, 3.05) is 4.90 Å². The van der Waals surface area contributed by atoms with Gasteiger partial charge < -0.3 is 4.42 Å². The summed E-state index contributed by atoms with van der Waals surface area (Å²) in [6.45, 7) is 0. The standard InChI is InChI=1S/C20H11BrN2O4S2/c21-16-10-13(23(25)26)6-8-15(16)17-9-7-14(27-17)11-18-19(24)22(20(28)29-18)12-4-2-1-3-5-12/h1-11H/b18-11+. The maximum atomic E-state index is 12.8. The molecule has 0 aliphatic carbocycles. The normalized spacial score (nSPS) is 15.3. The van der Waals surface area contributed by atoms with Gasteiger partial charge in [-0.3, -0.25) is 19.8 Å². The van der Waals surface area contributed by atoms with Crippen LogP contribution in [0.1, 0.15) is 5.76 Å². The maximum absolute atomic E-state index is 12.8. The van der Waals surface area contributed by atoms with Crippen LogP contribution >= 0.6 is 39.9 Å². The van der Waals surface area contributed by atoms with E-state index in [4.69, 9.17) is 16.6 Å². The molecule has 6 nitrogen and oxygen atoms in total. The van der Waals surface area contributed by atoms with Crippen molar-refractivity contribution in [2.45, 2.75) is 0 Å². The molecule has 0 saturated carbocycles. The van der Waals surface area contributed by atoms with Crippen LogP contribution in [0.3, 0.4) is 0 Å². The number of furan rings is 1. The van der Waals surface area contributed by atoms with Gasteiger partial charge in [0, 0.05) is 28.2 Å². The molecule has 1 fully saturated rings. The SMILES string of the molecule is O=C1/C(=C\c2ccc(-c3ccc([N+](=O)[O-])cc3Br)o2)SC(=S)N1c1ccccc1. The lowest BCUT2D eigenvalue weighted by molar-refractivity contribution is -0.384.